The molecule has 90 valence electrons. The molecule has 0 bridgehead atoms. The van der Waals surface area contributed by atoms with Crippen molar-refractivity contribution >= 4 is 0 Å². The maximum atomic E-state index is 8.89. The molecule has 0 aromatic heterocycles. The molecule has 17 heavy (non-hydrogen) atoms. The van der Waals surface area contributed by atoms with Gasteiger partial charge in [0, 0.05) is 31.7 Å². The summed E-state index contributed by atoms with van der Waals surface area (Å²) in [7, 11) is 0. The summed E-state index contributed by atoms with van der Waals surface area (Å²) < 4.78 is 0. The van der Waals surface area contributed by atoms with Crippen LogP contribution in [0, 0.1) is 11.3 Å². The Morgan fingerprint density at radius 2 is 2.29 bits per heavy atom. The SMILES string of the molecule is CC1CN(Cc2cccc(C#N)c2)C(C)CN1. The number of piperazine rings is 1. The van der Waals surface area contributed by atoms with Crippen LogP contribution in [-0.4, -0.2) is 30.1 Å². The molecule has 3 nitrogen and oxygen atoms in total. The zero-order valence-corrected chi connectivity index (χ0v) is 10.5. The summed E-state index contributed by atoms with van der Waals surface area (Å²) in [4.78, 5) is 2.47. The minimum atomic E-state index is 0.547. The topological polar surface area (TPSA) is 39.1 Å². The van der Waals surface area contributed by atoms with Crippen molar-refractivity contribution in [2.45, 2.75) is 32.5 Å². The van der Waals surface area contributed by atoms with Gasteiger partial charge in [0.1, 0.15) is 0 Å². The van der Waals surface area contributed by atoms with Gasteiger partial charge < -0.3 is 5.32 Å². The van der Waals surface area contributed by atoms with Gasteiger partial charge in [0.15, 0.2) is 0 Å². The van der Waals surface area contributed by atoms with Crippen molar-refractivity contribution in [1.29, 1.82) is 5.26 Å². The fourth-order valence-electron chi connectivity index (χ4n) is 2.29. The highest BCUT2D eigenvalue weighted by Gasteiger charge is 2.22. The third-order valence-corrected chi connectivity index (χ3v) is 3.34. The first-order valence-corrected chi connectivity index (χ1v) is 6.15. The Balaban J connectivity index is 2.06. The molecule has 1 aliphatic heterocycles. The van der Waals surface area contributed by atoms with Gasteiger partial charge in [-0.25, -0.2) is 0 Å². The van der Waals surface area contributed by atoms with Gasteiger partial charge in [-0.05, 0) is 31.5 Å². The van der Waals surface area contributed by atoms with Crippen LogP contribution in [0.2, 0.25) is 0 Å². The van der Waals surface area contributed by atoms with Crippen molar-refractivity contribution in [2.24, 2.45) is 0 Å². The van der Waals surface area contributed by atoms with E-state index in [0.717, 1.165) is 25.2 Å². The normalized spacial score (nSPS) is 25.5. The molecular formula is C14H19N3. The summed E-state index contributed by atoms with van der Waals surface area (Å²) in [6.45, 7) is 7.50. The minimum Gasteiger partial charge on any atom is -0.311 e. The lowest BCUT2D eigenvalue weighted by atomic mass is 10.1. The van der Waals surface area contributed by atoms with E-state index >= 15 is 0 Å². The second kappa shape index (κ2) is 5.31. The van der Waals surface area contributed by atoms with Gasteiger partial charge >= 0.3 is 0 Å². The molecule has 1 N–H and O–H groups in total. The van der Waals surface area contributed by atoms with Crippen molar-refractivity contribution in [1.82, 2.24) is 10.2 Å². The minimum absolute atomic E-state index is 0.547. The van der Waals surface area contributed by atoms with Gasteiger partial charge in [0.2, 0.25) is 0 Å². The summed E-state index contributed by atoms with van der Waals surface area (Å²) in [5, 5.41) is 12.4. The average Bonchev–Trinajstić information content (AvgIpc) is 2.34. The van der Waals surface area contributed by atoms with Gasteiger partial charge in [0.05, 0.1) is 11.6 Å². The molecule has 3 heteroatoms. The molecule has 0 spiro atoms. The third-order valence-electron chi connectivity index (χ3n) is 3.34. The van der Waals surface area contributed by atoms with Gasteiger partial charge in [0.25, 0.3) is 0 Å². The van der Waals surface area contributed by atoms with Crippen molar-refractivity contribution in [2.75, 3.05) is 13.1 Å². The van der Waals surface area contributed by atoms with Crippen LogP contribution in [0.4, 0.5) is 0 Å². The molecule has 1 aromatic rings. The second-order valence-corrected chi connectivity index (χ2v) is 4.90. The number of nitriles is 1. The Kier molecular flexibility index (Phi) is 3.78. The Labute approximate surface area is 103 Å². The van der Waals surface area contributed by atoms with E-state index in [0.29, 0.717) is 12.1 Å². The predicted molar refractivity (Wildman–Crippen MR) is 68.5 cm³/mol. The first-order valence-electron chi connectivity index (χ1n) is 6.15. The lowest BCUT2D eigenvalue weighted by molar-refractivity contribution is 0.139. The van der Waals surface area contributed by atoms with Crippen molar-refractivity contribution in [3.8, 4) is 6.07 Å². The van der Waals surface area contributed by atoms with Crippen LogP contribution in [0.15, 0.2) is 24.3 Å². The van der Waals surface area contributed by atoms with Crippen molar-refractivity contribution in [3.05, 3.63) is 35.4 Å². The smallest absolute Gasteiger partial charge is 0.0991 e. The molecule has 2 atom stereocenters. The Hall–Kier alpha value is -1.37. The molecule has 1 saturated heterocycles. The van der Waals surface area contributed by atoms with Gasteiger partial charge in [-0.2, -0.15) is 5.26 Å². The molecule has 1 fully saturated rings. The van der Waals surface area contributed by atoms with Gasteiger partial charge in [-0.15, -0.1) is 0 Å². The van der Waals surface area contributed by atoms with Crippen LogP contribution in [0.5, 0.6) is 0 Å². The van der Waals surface area contributed by atoms with E-state index in [-0.39, 0.29) is 0 Å². The predicted octanol–water partition coefficient (Wildman–Crippen LogP) is 1.74. The molecule has 0 saturated carbocycles. The Morgan fingerprint density at radius 3 is 3.06 bits per heavy atom. The average molecular weight is 229 g/mol. The van der Waals surface area contributed by atoms with E-state index in [4.69, 9.17) is 5.26 Å². The van der Waals surface area contributed by atoms with Gasteiger partial charge in [-0.3, -0.25) is 4.90 Å². The van der Waals surface area contributed by atoms with E-state index in [9.17, 15) is 0 Å². The summed E-state index contributed by atoms with van der Waals surface area (Å²) in [6, 6.07) is 11.2. The monoisotopic (exact) mass is 229 g/mol. The van der Waals surface area contributed by atoms with E-state index in [1.54, 1.807) is 0 Å². The highest BCUT2D eigenvalue weighted by molar-refractivity contribution is 5.32. The first kappa shape index (κ1) is 12.1. The number of nitrogens with zero attached hydrogens (tertiary/aromatic N) is 2. The van der Waals surface area contributed by atoms with Crippen LogP contribution in [0.25, 0.3) is 0 Å². The number of nitrogens with one attached hydrogen (secondary N) is 1. The van der Waals surface area contributed by atoms with E-state index in [1.807, 2.05) is 18.2 Å². The summed E-state index contributed by atoms with van der Waals surface area (Å²) >= 11 is 0. The number of rotatable bonds is 2. The molecule has 1 heterocycles. The second-order valence-electron chi connectivity index (χ2n) is 4.90. The van der Waals surface area contributed by atoms with E-state index in [1.165, 1.54) is 5.56 Å². The molecule has 1 aliphatic rings. The first-order chi connectivity index (χ1) is 8.19. The maximum Gasteiger partial charge on any atom is 0.0991 e. The zero-order valence-electron chi connectivity index (χ0n) is 10.5. The van der Waals surface area contributed by atoms with Crippen LogP contribution in [0.3, 0.4) is 0 Å². The molecule has 0 aliphatic carbocycles. The van der Waals surface area contributed by atoms with E-state index in [2.05, 4.69) is 36.2 Å². The maximum absolute atomic E-state index is 8.89. The molecule has 0 radical (unpaired) electrons. The highest BCUT2D eigenvalue weighted by atomic mass is 15.2. The molecule has 2 rings (SSSR count). The Bertz CT molecular complexity index is 422. The lowest BCUT2D eigenvalue weighted by Crippen LogP contribution is -2.53. The molecule has 1 aromatic carbocycles. The largest absolute Gasteiger partial charge is 0.311 e. The van der Waals surface area contributed by atoms with Crippen LogP contribution < -0.4 is 5.32 Å². The fourth-order valence-corrected chi connectivity index (χ4v) is 2.29. The van der Waals surface area contributed by atoms with Crippen molar-refractivity contribution in [3.63, 3.8) is 0 Å². The molecule has 0 amide bonds. The van der Waals surface area contributed by atoms with Crippen LogP contribution in [-0.2, 0) is 6.54 Å². The van der Waals surface area contributed by atoms with E-state index < -0.39 is 0 Å². The highest BCUT2D eigenvalue weighted by Crippen LogP contribution is 2.13. The van der Waals surface area contributed by atoms with Crippen LogP contribution >= 0.6 is 0 Å². The summed E-state index contributed by atoms with van der Waals surface area (Å²) in [5.74, 6) is 0. The van der Waals surface area contributed by atoms with Gasteiger partial charge in [-0.1, -0.05) is 12.1 Å². The standard InChI is InChI=1S/C14H19N3/c1-11-9-17(12(2)8-16-11)10-14-5-3-4-13(6-14)7-15/h3-6,11-12,16H,8-10H2,1-2H3. The Morgan fingerprint density at radius 1 is 1.47 bits per heavy atom. The quantitative estimate of drug-likeness (QED) is 0.839. The fraction of sp³-hybridized carbons (Fsp3) is 0.500. The lowest BCUT2D eigenvalue weighted by Gasteiger charge is -2.37. The summed E-state index contributed by atoms with van der Waals surface area (Å²) in [5.41, 5.74) is 1.98. The molecular weight excluding hydrogens is 210 g/mol. The number of hydrogen-bond acceptors (Lipinski definition) is 3. The molecule has 2 unspecified atom stereocenters. The third kappa shape index (κ3) is 3.06. The van der Waals surface area contributed by atoms with Crippen LogP contribution in [0.1, 0.15) is 25.0 Å². The summed E-state index contributed by atoms with van der Waals surface area (Å²) in [6.07, 6.45) is 0. The number of hydrogen-bond donors (Lipinski definition) is 1. The zero-order chi connectivity index (χ0) is 12.3. The number of benzene rings is 1. The van der Waals surface area contributed by atoms with Crippen molar-refractivity contribution < 1.29 is 0 Å².